The van der Waals surface area contributed by atoms with E-state index in [0.29, 0.717) is 29.7 Å². The smallest absolute Gasteiger partial charge is 0.338 e. The molecule has 0 spiro atoms. The summed E-state index contributed by atoms with van der Waals surface area (Å²) in [6, 6.07) is 10.8. The zero-order chi connectivity index (χ0) is 22.6. The lowest BCUT2D eigenvalue weighted by Crippen LogP contribution is -2.42. The highest BCUT2D eigenvalue weighted by Crippen LogP contribution is 2.25. The Balaban J connectivity index is 1.61. The van der Waals surface area contributed by atoms with Gasteiger partial charge >= 0.3 is 5.97 Å². The molecular weight excluding hydrogens is 423 g/mol. The quantitative estimate of drug-likeness (QED) is 0.686. The molecule has 0 unspecified atom stereocenters. The number of hydrogen-bond donors (Lipinski definition) is 1. The fraction of sp³-hybridized carbons (Fsp3) is 0.364. The first-order chi connectivity index (χ1) is 14.7. The standard InChI is InChI=1S/C22H25FN2O5S/c1-15-18(22(27)30-2)7-5-9-20(15)24-21(26)16-10-12-25(13-11-16)31(28,29)14-17-6-3-4-8-19(17)23/h3-9,16H,10-14H2,1-2H3,(H,24,26). The summed E-state index contributed by atoms with van der Waals surface area (Å²) in [6.07, 6.45) is 0.718. The second-order valence-corrected chi connectivity index (χ2v) is 9.45. The third-order valence-electron chi connectivity index (χ3n) is 5.51. The van der Waals surface area contributed by atoms with Crippen LogP contribution in [0.1, 0.15) is 34.3 Å². The molecule has 2 aromatic rings. The van der Waals surface area contributed by atoms with Gasteiger partial charge < -0.3 is 10.1 Å². The highest BCUT2D eigenvalue weighted by molar-refractivity contribution is 7.88. The van der Waals surface area contributed by atoms with Gasteiger partial charge in [0.2, 0.25) is 15.9 Å². The summed E-state index contributed by atoms with van der Waals surface area (Å²) < 4.78 is 45.2. The van der Waals surface area contributed by atoms with Gasteiger partial charge in [-0.15, -0.1) is 0 Å². The second kappa shape index (κ2) is 9.57. The maximum absolute atomic E-state index is 13.8. The van der Waals surface area contributed by atoms with Crippen LogP contribution < -0.4 is 5.32 Å². The van der Waals surface area contributed by atoms with E-state index in [2.05, 4.69) is 5.32 Å². The van der Waals surface area contributed by atoms with Crippen LogP contribution in [-0.2, 0) is 25.3 Å². The van der Waals surface area contributed by atoms with Gasteiger partial charge in [0.25, 0.3) is 0 Å². The van der Waals surface area contributed by atoms with Crippen LogP contribution >= 0.6 is 0 Å². The minimum absolute atomic E-state index is 0.128. The Morgan fingerprint density at radius 3 is 2.45 bits per heavy atom. The van der Waals surface area contributed by atoms with Gasteiger partial charge in [-0.1, -0.05) is 24.3 Å². The van der Waals surface area contributed by atoms with Crippen molar-refractivity contribution in [3.05, 3.63) is 65.0 Å². The summed E-state index contributed by atoms with van der Waals surface area (Å²) in [4.78, 5) is 24.6. The van der Waals surface area contributed by atoms with E-state index in [1.54, 1.807) is 31.2 Å². The number of rotatable bonds is 6. The molecule has 7 nitrogen and oxygen atoms in total. The number of hydrogen-bond acceptors (Lipinski definition) is 5. The summed E-state index contributed by atoms with van der Waals surface area (Å²) >= 11 is 0. The number of carbonyl (C=O) groups excluding carboxylic acids is 2. The van der Waals surface area contributed by atoms with Gasteiger partial charge in [0.05, 0.1) is 18.4 Å². The molecule has 0 aliphatic carbocycles. The molecule has 0 bridgehead atoms. The number of esters is 1. The third kappa shape index (κ3) is 5.29. The molecule has 166 valence electrons. The maximum atomic E-state index is 13.8. The molecule has 0 aromatic heterocycles. The van der Waals surface area contributed by atoms with Crippen molar-refractivity contribution < 1.29 is 27.1 Å². The number of amides is 1. The number of halogens is 1. The van der Waals surface area contributed by atoms with E-state index in [1.165, 1.54) is 29.6 Å². The third-order valence-corrected chi connectivity index (χ3v) is 7.34. The number of piperidine rings is 1. The monoisotopic (exact) mass is 448 g/mol. The summed E-state index contributed by atoms with van der Waals surface area (Å²) in [7, 11) is -2.39. The first-order valence-corrected chi connectivity index (χ1v) is 11.5. The zero-order valence-corrected chi connectivity index (χ0v) is 18.2. The molecule has 1 amide bonds. The van der Waals surface area contributed by atoms with Gasteiger partial charge in [0.1, 0.15) is 5.82 Å². The SMILES string of the molecule is COC(=O)c1cccc(NC(=O)C2CCN(S(=O)(=O)Cc3ccccc3F)CC2)c1C. The predicted octanol–water partition coefficient (Wildman–Crippen LogP) is 3.10. The minimum atomic E-state index is -3.68. The number of ether oxygens (including phenoxy) is 1. The van der Waals surface area contributed by atoms with Crippen LogP contribution in [0, 0.1) is 18.7 Å². The molecule has 31 heavy (non-hydrogen) atoms. The molecule has 2 aromatic carbocycles. The summed E-state index contributed by atoms with van der Waals surface area (Å²) in [6.45, 7) is 2.10. The fourth-order valence-corrected chi connectivity index (χ4v) is 5.21. The van der Waals surface area contributed by atoms with Crippen molar-refractivity contribution in [2.24, 2.45) is 5.92 Å². The molecule has 1 heterocycles. The van der Waals surface area contributed by atoms with Crippen LogP contribution in [0.4, 0.5) is 10.1 Å². The van der Waals surface area contributed by atoms with Crippen LogP contribution in [-0.4, -0.2) is 44.8 Å². The highest BCUT2D eigenvalue weighted by Gasteiger charge is 2.32. The second-order valence-electron chi connectivity index (χ2n) is 7.48. The van der Waals surface area contributed by atoms with E-state index in [0.717, 1.165) is 0 Å². The summed E-state index contributed by atoms with van der Waals surface area (Å²) in [5.41, 5.74) is 1.62. The fourth-order valence-electron chi connectivity index (χ4n) is 3.64. The van der Waals surface area contributed by atoms with Crippen molar-refractivity contribution in [2.45, 2.75) is 25.5 Å². The Bertz CT molecular complexity index is 1080. The first-order valence-electron chi connectivity index (χ1n) is 9.93. The van der Waals surface area contributed by atoms with E-state index < -0.39 is 27.6 Å². The van der Waals surface area contributed by atoms with Crippen molar-refractivity contribution >= 4 is 27.6 Å². The molecular formula is C22H25FN2O5S. The van der Waals surface area contributed by atoms with Gasteiger partial charge in [0, 0.05) is 30.3 Å². The van der Waals surface area contributed by atoms with E-state index in [-0.39, 0.29) is 30.5 Å². The Labute approximate surface area is 181 Å². The topological polar surface area (TPSA) is 92.8 Å². The lowest BCUT2D eigenvalue weighted by Gasteiger charge is -2.30. The number of nitrogens with one attached hydrogen (secondary N) is 1. The molecule has 1 fully saturated rings. The van der Waals surface area contributed by atoms with E-state index >= 15 is 0 Å². The molecule has 0 atom stereocenters. The predicted molar refractivity (Wildman–Crippen MR) is 114 cm³/mol. The average molecular weight is 449 g/mol. The zero-order valence-electron chi connectivity index (χ0n) is 17.4. The molecule has 0 saturated carbocycles. The summed E-state index contributed by atoms with van der Waals surface area (Å²) in [5.74, 6) is -2.03. The number of carbonyl (C=O) groups is 2. The molecule has 0 radical (unpaired) electrons. The molecule has 9 heteroatoms. The average Bonchev–Trinajstić information content (AvgIpc) is 2.76. The van der Waals surface area contributed by atoms with Crippen LogP contribution in [0.3, 0.4) is 0 Å². The van der Waals surface area contributed by atoms with E-state index in [9.17, 15) is 22.4 Å². The molecule has 1 N–H and O–H groups in total. The number of anilines is 1. The van der Waals surface area contributed by atoms with Crippen molar-refractivity contribution in [3.63, 3.8) is 0 Å². The van der Waals surface area contributed by atoms with E-state index in [4.69, 9.17) is 4.74 Å². The van der Waals surface area contributed by atoms with Crippen LogP contribution in [0.25, 0.3) is 0 Å². The Morgan fingerprint density at radius 2 is 1.81 bits per heavy atom. The lowest BCUT2D eigenvalue weighted by atomic mass is 9.96. The van der Waals surface area contributed by atoms with Crippen LogP contribution in [0.15, 0.2) is 42.5 Å². The largest absolute Gasteiger partial charge is 0.465 e. The number of methoxy groups -OCH3 is 1. The molecule has 1 aliphatic heterocycles. The maximum Gasteiger partial charge on any atom is 0.338 e. The molecule has 1 saturated heterocycles. The number of sulfonamides is 1. The van der Waals surface area contributed by atoms with Gasteiger partial charge in [-0.2, -0.15) is 0 Å². The number of benzene rings is 2. The van der Waals surface area contributed by atoms with Crippen molar-refractivity contribution in [2.75, 3.05) is 25.5 Å². The van der Waals surface area contributed by atoms with Gasteiger partial charge in [-0.05, 0) is 43.5 Å². The molecule has 3 rings (SSSR count). The normalized spacial score (nSPS) is 15.5. The van der Waals surface area contributed by atoms with Gasteiger partial charge in [-0.25, -0.2) is 21.9 Å². The Hall–Kier alpha value is -2.78. The van der Waals surface area contributed by atoms with Crippen molar-refractivity contribution in [3.8, 4) is 0 Å². The van der Waals surface area contributed by atoms with Crippen molar-refractivity contribution in [1.29, 1.82) is 0 Å². The minimum Gasteiger partial charge on any atom is -0.465 e. The van der Waals surface area contributed by atoms with Crippen LogP contribution in [0.2, 0.25) is 0 Å². The van der Waals surface area contributed by atoms with Crippen molar-refractivity contribution in [1.82, 2.24) is 4.31 Å². The summed E-state index contributed by atoms with van der Waals surface area (Å²) in [5, 5.41) is 2.84. The number of nitrogens with zero attached hydrogens (tertiary/aromatic N) is 1. The lowest BCUT2D eigenvalue weighted by molar-refractivity contribution is -0.120. The Kier molecular flexibility index (Phi) is 7.07. The van der Waals surface area contributed by atoms with Crippen LogP contribution in [0.5, 0.6) is 0 Å². The Morgan fingerprint density at radius 1 is 1.13 bits per heavy atom. The van der Waals surface area contributed by atoms with E-state index in [1.807, 2.05) is 0 Å². The molecule has 1 aliphatic rings. The van der Waals surface area contributed by atoms with Gasteiger partial charge in [0.15, 0.2) is 0 Å². The van der Waals surface area contributed by atoms with Gasteiger partial charge in [-0.3, -0.25) is 4.79 Å². The highest BCUT2D eigenvalue weighted by atomic mass is 32.2. The first kappa shape index (κ1) is 22.9.